The van der Waals surface area contributed by atoms with Gasteiger partial charge in [-0.2, -0.15) is 0 Å². The second-order valence-electron chi connectivity index (χ2n) is 7.69. The van der Waals surface area contributed by atoms with Crippen LogP contribution >= 0.6 is 0 Å². The van der Waals surface area contributed by atoms with Crippen LogP contribution in [0.15, 0.2) is 24.3 Å². The maximum absolute atomic E-state index is 5.39. The molecule has 1 aromatic carbocycles. The number of rotatable bonds is 6. The lowest BCUT2D eigenvalue weighted by Gasteiger charge is -2.42. The van der Waals surface area contributed by atoms with Crippen molar-refractivity contribution in [2.75, 3.05) is 21.2 Å². The van der Waals surface area contributed by atoms with Crippen molar-refractivity contribution in [2.24, 2.45) is 0 Å². The molecule has 0 bridgehead atoms. The topological polar surface area (TPSA) is 28.3 Å². The first-order valence-corrected chi connectivity index (χ1v) is 9.54. The van der Waals surface area contributed by atoms with E-state index in [0.29, 0.717) is 5.54 Å². The van der Waals surface area contributed by atoms with Crippen molar-refractivity contribution >= 4 is 16.5 Å². The highest BCUT2D eigenvalue weighted by Gasteiger charge is 2.34. The van der Waals surface area contributed by atoms with E-state index in [1.165, 1.54) is 53.4 Å². The molecule has 3 heteroatoms. The molecule has 0 spiro atoms. The second-order valence-corrected chi connectivity index (χ2v) is 7.69. The van der Waals surface area contributed by atoms with Gasteiger partial charge in [-0.05, 0) is 76.0 Å². The van der Waals surface area contributed by atoms with E-state index in [1.807, 2.05) is 6.07 Å². The molecule has 0 amide bonds. The standard InChI is InChI=1S/C22H32N2O/c1-6-7-12-22(24(3)4)13-10-17(11-14-22)21-16(2)19-15-18(25-5)8-9-20(19)23-21/h8-10,15,23H,6-7,11-14H2,1-5H3. The van der Waals surface area contributed by atoms with Gasteiger partial charge in [0.2, 0.25) is 0 Å². The number of aromatic nitrogens is 1. The number of hydrogen-bond donors (Lipinski definition) is 1. The van der Waals surface area contributed by atoms with Gasteiger partial charge in [0.15, 0.2) is 0 Å². The zero-order valence-corrected chi connectivity index (χ0v) is 16.4. The normalized spacial score (nSPS) is 21.0. The summed E-state index contributed by atoms with van der Waals surface area (Å²) < 4.78 is 5.39. The summed E-state index contributed by atoms with van der Waals surface area (Å²) in [4.78, 5) is 6.10. The fourth-order valence-electron chi connectivity index (χ4n) is 4.23. The maximum atomic E-state index is 5.39. The lowest BCUT2D eigenvalue weighted by atomic mass is 9.77. The van der Waals surface area contributed by atoms with E-state index in [4.69, 9.17) is 4.74 Å². The number of aryl methyl sites for hydroxylation is 1. The highest BCUT2D eigenvalue weighted by Crippen LogP contribution is 2.40. The number of aromatic amines is 1. The molecule has 1 N–H and O–H groups in total. The first-order chi connectivity index (χ1) is 12.0. The van der Waals surface area contributed by atoms with Crippen molar-refractivity contribution < 1.29 is 4.74 Å². The third-order valence-electron chi connectivity index (χ3n) is 6.12. The predicted molar refractivity (Wildman–Crippen MR) is 107 cm³/mol. The van der Waals surface area contributed by atoms with Crippen molar-refractivity contribution in [3.63, 3.8) is 0 Å². The average molecular weight is 341 g/mol. The quantitative estimate of drug-likeness (QED) is 0.747. The Labute approximate surface area is 152 Å². The molecule has 0 aliphatic heterocycles. The second kappa shape index (κ2) is 7.25. The highest BCUT2D eigenvalue weighted by atomic mass is 16.5. The molecule has 0 saturated heterocycles. The SMILES string of the molecule is CCCCC1(N(C)C)CC=C(c2[nH]c3ccc(OC)cc3c2C)CC1. The number of allylic oxidation sites excluding steroid dienone is 1. The number of benzene rings is 1. The number of hydrogen-bond acceptors (Lipinski definition) is 2. The summed E-state index contributed by atoms with van der Waals surface area (Å²) >= 11 is 0. The Hall–Kier alpha value is -1.74. The van der Waals surface area contributed by atoms with E-state index in [-0.39, 0.29) is 0 Å². The molecule has 1 atom stereocenters. The third kappa shape index (κ3) is 3.35. The van der Waals surface area contributed by atoms with Crippen LogP contribution in [-0.2, 0) is 0 Å². The monoisotopic (exact) mass is 340 g/mol. The van der Waals surface area contributed by atoms with Gasteiger partial charge < -0.3 is 14.6 Å². The first kappa shape index (κ1) is 18.1. The molecule has 1 unspecified atom stereocenters. The van der Waals surface area contributed by atoms with Crippen molar-refractivity contribution in [3.8, 4) is 5.75 Å². The number of nitrogens with zero attached hydrogens (tertiary/aromatic N) is 1. The summed E-state index contributed by atoms with van der Waals surface area (Å²) in [6.45, 7) is 4.51. The Morgan fingerprint density at radius 2 is 2.08 bits per heavy atom. The number of H-pyrrole nitrogens is 1. The van der Waals surface area contributed by atoms with Gasteiger partial charge in [-0.3, -0.25) is 0 Å². The van der Waals surface area contributed by atoms with Crippen LogP contribution in [0, 0.1) is 6.92 Å². The molecule has 136 valence electrons. The Kier molecular flexibility index (Phi) is 5.24. The van der Waals surface area contributed by atoms with E-state index in [0.717, 1.165) is 18.6 Å². The van der Waals surface area contributed by atoms with Crippen LogP contribution in [0.5, 0.6) is 5.75 Å². The van der Waals surface area contributed by atoms with Crippen molar-refractivity contribution in [3.05, 3.63) is 35.5 Å². The zero-order chi connectivity index (χ0) is 18.0. The molecule has 3 nitrogen and oxygen atoms in total. The molecule has 1 heterocycles. The Morgan fingerprint density at radius 3 is 2.68 bits per heavy atom. The molecule has 2 aromatic rings. The summed E-state index contributed by atoms with van der Waals surface area (Å²) in [5.74, 6) is 0.921. The van der Waals surface area contributed by atoms with Gasteiger partial charge in [-0.15, -0.1) is 0 Å². The van der Waals surface area contributed by atoms with Crippen molar-refractivity contribution in [1.82, 2.24) is 9.88 Å². The fourth-order valence-corrected chi connectivity index (χ4v) is 4.23. The van der Waals surface area contributed by atoms with Gasteiger partial charge in [-0.1, -0.05) is 25.8 Å². The van der Waals surface area contributed by atoms with Crippen LogP contribution in [-0.4, -0.2) is 36.6 Å². The molecule has 0 radical (unpaired) electrons. The van der Waals surface area contributed by atoms with Gasteiger partial charge in [0.1, 0.15) is 5.75 Å². The number of unbranched alkanes of at least 4 members (excludes halogenated alkanes) is 1. The van der Waals surface area contributed by atoms with Crippen LogP contribution in [0.25, 0.3) is 16.5 Å². The van der Waals surface area contributed by atoms with Gasteiger partial charge >= 0.3 is 0 Å². The van der Waals surface area contributed by atoms with Crippen molar-refractivity contribution in [1.29, 1.82) is 0 Å². The Bertz CT molecular complexity index is 772. The van der Waals surface area contributed by atoms with E-state index in [1.54, 1.807) is 7.11 Å². The minimum atomic E-state index is 0.336. The Balaban J connectivity index is 1.90. The molecule has 0 fully saturated rings. The molecule has 25 heavy (non-hydrogen) atoms. The molecule has 3 rings (SSSR count). The van der Waals surface area contributed by atoms with E-state index < -0.39 is 0 Å². The van der Waals surface area contributed by atoms with Crippen LogP contribution in [0.1, 0.15) is 56.7 Å². The molecular weight excluding hydrogens is 308 g/mol. The zero-order valence-electron chi connectivity index (χ0n) is 16.4. The summed E-state index contributed by atoms with van der Waals surface area (Å²) in [5, 5.41) is 1.27. The minimum absolute atomic E-state index is 0.336. The summed E-state index contributed by atoms with van der Waals surface area (Å²) in [7, 11) is 6.22. The average Bonchev–Trinajstić information content (AvgIpc) is 2.96. The van der Waals surface area contributed by atoms with E-state index in [9.17, 15) is 0 Å². The lowest BCUT2D eigenvalue weighted by molar-refractivity contribution is 0.124. The van der Waals surface area contributed by atoms with Gasteiger partial charge in [-0.25, -0.2) is 0 Å². The minimum Gasteiger partial charge on any atom is -0.497 e. The maximum Gasteiger partial charge on any atom is 0.119 e. The summed E-state index contributed by atoms with van der Waals surface area (Å²) in [5.41, 5.74) is 5.66. The van der Waals surface area contributed by atoms with E-state index in [2.05, 4.69) is 56.0 Å². The smallest absolute Gasteiger partial charge is 0.119 e. The van der Waals surface area contributed by atoms with Crippen LogP contribution < -0.4 is 4.74 Å². The predicted octanol–water partition coefficient (Wildman–Crippen LogP) is 5.54. The fraction of sp³-hybridized carbons (Fsp3) is 0.545. The van der Waals surface area contributed by atoms with Crippen LogP contribution in [0.4, 0.5) is 0 Å². The number of nitrogens with one attached hydrogen (secondary N) is 1. The largest absolute Gasteiger partial charge is 0.497 e. The summed E-state index contributed by atoms with van der Waals surface area (Å²) in [6, 6.07) is 6.29. The van der Waals surface area contributed by atoms with Gasteiger partial charge in [0, 0.05) is 22.1 Å². The highest BCUT2D eigenvalue weighted by molar-refractivity contribution is 5.90. The van der Waals surface area contributed by atoms with Gasteiger partial charge in [0.25, 0.3) is 0 Å². The number of methoxy groups -OCH3 is 1. The molecule has 1 aliphatic rings. The summed E-state index contributed by atoms with van der Waals surface area (Å²) in [6.07, 6.45) is 9.89. The first-order valence-electron chi connectivity index (χ1n) is 9.54. The Morgan fingerprint density at radius 1 is 1.28 bits per heavy atom. The molecule has 0 saturated carbocycles. The van der Waals surface area contributed by atoms with Crippen LogP contribution in [0.3, 0.4) is 0 Å². The number of ether oxygens (including phenoxy) is 1. The van der Waals surface area contributed by atoms with Gasteiger partial charge in [0.05, 0.1) is 7.11 Å². The molecule has 1 aliphatic carbocycles. The number of fused-ring (bicyclic) bond motifs is 1. The third-order valence-corrected chi connectivity index (χ3v) is 6.12. The lowest BCUT2D eigenvalue weighted by Crippen LogP contribution is -2.45. The van der Waals surface area contributed by atoms with Crippen LogP contribution in [0.2, 0.25) is 0 Å². The molecule has 1 aromatic heterocycles. The molecular formula is C22H32N2O. The van der Waals surface area contributed by atoms with Crippen molar-refractivity contribution in [2.45, 2.75) is 57.9 Å². The van der Waals surface area contributed by atoms with E-state index >= 15 is 0 Å².